The summed E-state index contributed by atoms with van der Waals surface area (Å²) >= 11 is 0. The van der Waals surface area contributed by atoms with Gasteiger partial charge in [0.15, 0.2) is 0 Å². The molecular weight excluding hydrogens is 178 g/mol. The van der Waals surface area contributed by atoms with E-state index in [-0.39, 0.29) is 17.9 Å². The van der Waals surface area contributed by atoms with Crippen LogP contribution in [0.4, 0.5) is 0 Å². The fourth-order valence-corrected chi connectivity index (χ4v) is 1.62. The number of rotatable bonds is 5. The summed E-state index contributed by atoms with van der Waals surface area (Å²) in [7, 11) is 1.44. The Bertz CT molecular complexity index is 190. The lowest BCUT2D eigenvalue weighted by molar-refractivity contribution is -0.145. The van der Waals surface area contributed by atoms with Gasteiger partial charge >= 0.3 is 5.97 Å². The highest BCUT2D eigenvalue weighted by atomic mass is 16.5. The maximum Gasteiger partial charge on any atom is 0.309 e. The molecule has 1 aliphatic carbocycles. The summed E-state index contributed by atoms with van der Waals surface area (Å²) in [5, 5.41) is 3.40. The van der Waals surface area contributed by atoms with Crippen LogP contribution in [0.15, 0.2) is 0 Å². The van der Waals surface area contributed by atoms with Gasteiger partial charge in [0.25, 0.3) is 0 Å². The molecule has 3 heteroatoms. The van der Waals surface area contributed by atoms with Gasteiger partial charge in [0.1, 0.15) is 0 Å². The third kappa shape index (κ3) is 2.98. The topological polar surface area (TPSA) is 38.3 Å². The zero-order valence-corrected chi connectivity index (χ0v) is 9.38. The zero-order valence-electron chi connectivity index (χ0n) is 9.38. The highest BCUT2D eigenvalue weighted by Gasteiger charge is 2.23. The Morgan fingerprint density at radius 2 is 2.14 bits per heavy atom. The molecule has 14 heavy (non-hydrogen) atoms. The van der Waals surface area contributed by atoms with Crippen LogP contribution in [-0.4, -0.2) is 25.7 Å². The average Bonchev–Trinajstić information content (AvgIpc) is 2.12. The van der Waals surface area contributed by atoms with Crippen molar-refractivity contribution in [2.24, 2.45) is 11.8 Å². The number of carbonyl (C=O) groups is 1. The molecule has 0 bridgehead atoms. The molecule has 1 rings (SSSR count). The normalized spacial score (nSPS) is 21.1. The summed E-state index contributed by atoms with van der Waals surface area (Å²) in [4.78, 5) is 11.2. The molecule has 1 fully saturated rings. The van der Waals surface area contributed by atoms with E-state index in [9.17, 15) is 4.79 Å². The van der Waals surface area contributed by atoms with Gasteiger partial charge in [-0.3, -0.25) is 4.79 Å². The monoisotopic (exact) mass is 199 g/mol. The van der Waals surface area contributed by atoms with Crippen LogP contribution >= 0.6 is 0 Å². The quantitative estimate of drug-likeness (QED) is 0.683. The lowest BCUT2D eigenvalue weighted by atomic mass is 9.85. The number of carbonyl (C=O) groups excluding carboxylic acids is 1. The van der Waals surface area contributed by atoms with Crippen molar-refractivity contribution in [3.63, 3.8) is 0 Å². The van der Waals surface area contributed by atoms with Gasteiger partial charge in [-0.15, -0.1) is 0 Å². The lowest BCUT2D eigenvalue weighted by Gasteiger charge is -2.28. The number of nitrogens with one attached hydrogen (secondary N) is 1. The Kier molecular flexibility index (Phi) is 4.39. The minimum absolute atomic E-state index is 0.0555. The molecule has 0 aromatic carbocycles. The van der Waals surface area contributed by atoms with Crippen molar-refractivity contribution in [2.45, 2.75) is 39.2 Å². The molecule has 0 aromatic heterocycles. The molecule has 0 aromatic rings. The molecular formula is C11H21NO2. The predicted octanol–water partition coefficient (Wildman–Crippen LogP) is 1.57. The highest BCUT2D eigenvalue weighted by molar-refractivity contribution is 5.72. The van der Waals surface area contributed by atoms with E-state index >= 15 is 0 Å². The molecule has 0 amide bonds. The number of methoxy groups -OCH3 is 1. The van der Waals surface area contributed by atoms with E-state index in [0.29, 0.717) is 0 Å². The third-order valence-corrected chi connectivity index (χ3v) is 3.28. The first-order valence-corrected chi connectivity index (χ1v) is 5.46. The number of esters is 1. The van der Waals surface area contributed by atoms with Crippen molar-refractivity contribution >= 4 is 5.97 Å². The van der Waals surface area contributed by atoms with Crippen molar-refractivity contribution in [3.05, 3.63) is 0 Å². The largest absolute Gasteiger partial charge is 0.469 e. The smallest absolute Gasteiger partial charge is 0.309 e. The number of hydrogen-bond acceptors (Lipinski definition) is 3. The summed E-state index contributed by atoms with van der Waals surface area (Å²) in [6.45, 7) is 4.99. The molecule has 1 aliphatic rings. The maximum atomic E-state index is 11.2. The summed E-state index contributed by atoms with van der Waals surface area (Å²) in [5.41, 5.74) is 0. The van der Waals surface area contributed by atoms with E-state index < -0.39 is 0 Å². The van der Waals surface area contributed by atoms with Crippen molar-refractivity contribution in [1.82, 2.24) is 5.32 Å². The van der Waals surface area contributed by atoms with Crippen LogP contribution in [0, 0.1) is 11.8 Å². The zero-order chi connectivity index (χ0) is 10.6. The first-order valence-electron chi connectivity index (χ1n) is 5.46. The molecule has 1 saturated carbocycles. The maximum absolute atomic E-state index is 11.2. The Morgan fingerprint density at radius 1 is 1.50 bits per heavy atom. The standard InChI is InChI=1S/C11H21NO2/c1-8(11(13)14-3)9(2)12-7-10-5-4-6-10/h8-10,12H,4-7H2,1-3H3. The summed E-state index contributed by atoms with van der Waals surface area (Å²) in [5.74, 6) is 0.654. The Balaban J connectivity index is 2.18. The van der Waals surface area contributed by atoms with Gasteiger partial charge in [-0.05, 0) is 32.2 Å². The van der Waals surface area contributed by atoms with Crippen LogP contribution in [0.2, 0.25) is 0 Å². The lowest BCUT2D eigenvalue weighted by Crippen LogP contribution is -2.40. The minimum atomic E-state index is -0.126. The van der Waals surface area contributed by atoms with Crippen molar-refractivity contribution in [3.8, 4) is 0 Å². The molecule has 0 aliphatic heterocycles. The van der Waals surface area contributed by atoms with Crippen LogP contribution in [-0.2, 0) is 9.53 Å². The van der Waals surface area contributed by atoms with Gasteiger partial charge < -0.3 is 10.1 Å². The molecule has 2 unspecified atom stereocenters. The van der Waals surface area contributed by atoms with Crippen LogP contribution < -0.4 is 5.32 Å². The SMILES string of the molecule is COC(=O)C(C)C(C)NCC1CCC1. The summed E-state index contributed by atoms with van der Waals surface area (Å²) in [6, 6.07) is 0.211. The fraction of sp³-hybridized carbons (Fsp3) is 0.909. The van der Waals surface area contributed by atoms with Gasteiger partial charge in [-0.25, -0.2) is 0 Å². The second kappa shape index (κ2) is 5.35. The minimum Gasteiger partial charge on any atom is -0.469 e. The van der Waals surface area contributed by atoms with Gasteiger partial charge in [0.2, 0.25) is 0 Å². The molecule has 0 heterocycles. The fourth-order valence-electron chi connectivity index (χ4n) is 1.62. The van der Waals surface area contributed by atoms with Crippen LogP contribution in [0.25, 0.3) is 0 Å². The van der Waals surface area contributed by atoms with Crippen molar-refractivity contribution in [2.75, 3.05) is 13.7 Å². The Labute approximate surface area is 86.2 Å². The first-order chi connectivity index (χ1) is 6.65. The highest BCUT2D eigenvalue weighted by Crippen LogP contribution is 2.25. The number of hydrogen-bond donors (Lipinski definition) is 1. The Hall–Kier alpha value is -0.570. The molecule has 1 N–H and O–H groups in total. The van der Waals surface area contributed by atoms with E-state index in [1.165, 1.54) is 26.4 Å². The van der Waals surface area contributed by atoms with Gasteiger partial charge in [0.05, 0.1) is 13.0 Å². The van der Waals surface area contributed by atoms with Crippen LogP contribution in [0.3, 0.4) is 0 Å². The third-order valence-electron chi connectivity index (χ3n) is 3.28. The molecule has 0 saturated heterocycles. The average molecular weight is 199 g/mol. The van der Waals surface area contributed by atoms with Gasteiger partial charge in [0, 0.05) is 6.04 Å². The number of ether oxygens (including phenoxy) is 1. The Morgan fingerprint density at radius 3 is 2.57 bits per heavy atom. The van der Waals surface area contributed by atoms with E-state index in [1.54, 1.807) is 0 Å². The predicted molar refractivity (Wildman–Crippen MR) is 56.0 cm³/mol. The van der Waals surface area contributed by atoms with Crippen molar-refractivity contribution in [1.29, 1.82) is 0 Å². The van der Waals surface area contributed by atoms with Gasteiger partial charge in [-0.2, -0.15) is 0 Å². The first kappa shape index (κ1) is 11.5. The van der Waals surface area contributed by atoms with Gasteiger partial charge in [-0.1, -0.05) is 13.3 Å². The molecule has 0 spiro atoms. The van der Waals surface area contributed by atoms with E-state index in [4.69, 9.17) is 4.74 Å². The molecule has 0 radical (unpaired) electrons. The second-order valence-electron chi connectivity index (χ2n) is 4.31. The van der Waals surface area contributed by atoms with Crippen molar-refractivity contribution < 1.29 is 9.53 Å². The molecule has 82 valence electrons. The van der Waals surface area contributed by atoms with E-state index in [1.807, 2.05) is 13.8 Å². The van der Waals surface area contributed by atoms with E-state index in [2.05, 4.69) is 5.32 Å². The summed E-state index contributed by atoms with van der Waals surface area (Å²) < 4.78 is 4.70. The molecule has 3 nitrogen and oxygen atoms in total. The second-order valence-corrected chi connectivity index (χ2v) is 4.31. The van der Waals surface area contributed by atoms with E-state index in [0.717, 1.165) is 12.5 Å². The molecule has 2 atom stereocenters. The van der Waals surface area contributed by atoms with Crippen LogP contribution in [0.1, 0.15) is 33.1 Å². The summed E-state index contributed by atoms with van der Waals surface area (Å²) in [6.07, 6.45) is 4.05. The van der Waals surface area contributed by atoms with Crippen LogP contribution in [0.5, 0.6) is 0 Å².